The molecule has 0 radical (unpaired) electrons. The summed E-state index contributed by atoms with van der Waals surface area (Å²) in [7, 11) is 0. The second kappa shape index (κ2) is 6.13. The van der Waals surface area contributed by atoms with Crippen LogP contribution < -0.4 is 0 Å². The topological polar surface area (TPSA) is 201 Å². The van der Waals surface area contributed by atoms with Crippen molar-refractivity contribution in [2.45, 2.75) is 47.5 Å². The molecule has 0 aromatic rings. The number of aliphatic hydroxyl groups excluding tert-OH is 6. The predicted octanol–water partition coefficient (Wildman–Crippen LogP) is -6.01. The molecule has 0 amide bonds. The van der Waals surface area contributed by atoms with E-state index < -0.39 is 73.9 Å². The number of ether oxygens (including phenoxy) is 2. The molecule has 2 rings (SSSR count). The molecule has 136 valence electrons. The first-order valence-electron chi connectivity index (χ1n) is 6.96. The Morgan fingerprint density at radius 2 is 1.43 bits per heavy atom. The fourth-order valence-corrected chi connectivity index (χ4v) is 3.30. The van der Waals surface area contributed by atoms with Crippen molar-refractivity contribution < 1.29 is 55.4 Å². The molecule has 0 unspecified atom stereocenters. The van der Waals surface area contributed by atoms with Crippen molar-refractivity contribution in [3.63, 3.8) is 0 Å². The number of hydrogen-bond acceptors (Lipinski definition) is 11. The minimum Gasteiger partial charge on any atom is -0.394 e. The molecule has 8 atom stereocenters. The summed E-state index contributed by atoms with van der Waals surface area (Å²) in [5.74, 6) is -2.75. The van der Waals surface area contributed by atoms with Crippen LogP contribution >= 0.6 is 0 Å². The van der Waals surface area contributed by atoms with E-state index in [-0.39, 0.29) is 0 Å². The smallest absolute Gasteiger partial charge is 0.219 e. The second-order valence-corrected chi connectivity index (χ2v) is 5.86. The van der Waals surface area contributed by atoms with Crippen molar-refractivity contribution in [1.82, 2.24) is 0 Å². The van der Waals surface area contributed by atoms with Crippen LogP contribution in [-0.4, -0.2) is 120 Å². The lowest BCUT2D eigenvalue weighted by molar-refractivity contribution is -0.330. The zero-order valence-corrected chi connectivity index (χ0v) is 12.1. The van der Waals surface area contributed by atoms with Gasteiger partial charge in [0.05, 0.1) is 26.4 Å². The van der Waals surface area contributed by atoms with Gasteiger partial charge in [0.2, 0.25) is 5.79 Å². The molecule has 11 nitrogen and oxygen atoms in total. The molecule has 2 aliphatic rings. The van der Waals surface area contributed by atoms with Crippen molar-refractivity contribution in [3.8, 4) is 0 Å². The normalized spacial score (nSPS) is 54.4. The van der Waals surface area contributed by atoms with Gasteiger partial charge in [-0.25, -0.2) is 0 Å². The van der Waals surface area contributed by atoms with Crippen molar-refractivity contribution >= 4 is 0 Å². The molecular weight excluding hydrogens is 320 g/mol. The van der Waals surface area contributed by atoms with Crippen LogP contribution in [0.3, 0.4) is 0 Å². The van der Waals surface area contributed by atoms with Crippen molar-refractivity contribution in [2.75, 3.05) is 26.4 Å². The van der Waals surface area contributed by atoms with Gasteiger partial charge in [0.25, 0.3) is 0 Å². The largest absolute Gasteiger partial charge is 0.394 e. The molecule has 2 aliphatic heterocycles. The van der Waals surface area contributed by atoms with Crippen LogP contribution in [0.5, 0.6) is 0 Å². The standard InChI is InChI=1S/C12H22O11/c13-1-6-11(20,8(17)5(16)3-22-6)12(21)7(2-14)23-10(19,4-15)9(12)18/h5-9,13-21H,1-4H2/t5-,6+,7+,8+,9+,10-,11+,12+/m0/s1. The van der Waals surface area contributed by atoms with E-state index in [1.807, 2.05) is 0 Å². The SMILES string of the molecule is OC[C@H]1O[C@@](O)(CO)[C@@H](O)[C@@]1(O)[C@]1(O)[C@H](O)[C@@H](O)CO[C@@H]1CO. The van der Waals surface area contributed by atoms with Crippen molar-refractivity contribution in [3.05, 3.63) is 0 Å². The van der Waals surface area contributed by atoms with E-state index in [4.69, 9.17) is 14.6 Å². The molecular formula is C12H22O11. The van der Waals surface area contributed by atoms with Crippen LogP contribution in [0.15, 0.2) is 0 Å². The lowest BCUT2D eigenvalue weighted by Crippen LogP contribution is -2.79. The molecule has 0 bridgehead atoms. The highest BCUT2D eigenvalue weighted by molar-refractivity contribution is 5.22. The molecule has 2 heterocycles. The van der Waals surface area contributed by atoms with Crippen molar-refractivity contribution in [2.24, 2.45) is 0 Å². The predicted molar refractivity (Wildman–Crippen MR) is 68.7 cm³/mol. The third kappa shape index (κ3) is 2.33. The van der Waals surface area contributed by atoms with Gasteiger partial charge in [-0.2, -0.15) is 0 Å². The molecule has 0 aliphatic carbocycles. The maximum Gasteiger partial charge on any atom is 0.219 e. The zero-order chi connectivity index (χ0) is 17.6. The third-order valence-corrected chi connectivity index (χ3v) is 4.66. The Bertz CT molecular complexity index is 431. The Balaban J connectivity index is 2.57. The second-order valence-electron chi connectivity index (χ2n) is 5.86. The number of hydrogen-bond donors (Lipinski definition) is 9. The highest BCUT2D eigenvalue weighted by atomic mass is 16.7. The molecule has 11 heteroatoms. The summed E-state index contributed by atoms with van der Waals surface area (Å²) in [6, 6.07) is 0. The van der Waals surface area contributed by atoms with Gasteiger partial charge in [0.1, 0.15) is 30.5 Å². The zero-order valence-electron chi connectivity index (χ0n) is 12.1. The van der Waals surface area contributed by atoms with E-state index in [1.165, 1.54) is 0 Å². The maximum atomic E-state index is 10.8. The lowest BCUT2D eigenvalue weighted by Gasteiger charge is -2.53. The van der Waals surface area contributed by atoms with Gasteiger partial charge in [-0.05, 0) is 0 Å². The van der Waals surface area contributed by atoms with E-state index in [0.717, 1.165) is 0 Å². The van der Waals surface area contributed by atoms with Crippen LogP contribution in [0, 0.1) is 0 Å². The highest BCUT2D eigenvalue weighted by Gasteiger charge is 2.75. The Labute approximate surface area is 130 Å². The molecule has 0 aromatic heterocycles. The first-order chi connectivity index (χ1) is 10.6. The van der Waals surface area contributed by atoms with Crippen LogP contribution in [0.25, 0.3) is 0 Å². The summed E-state index contributed by atoms with van der Waals surface area (Å²) in [5, 5.41) is 89.6. The van der Waals surface area contributed by atoms with Gasteiger partial charge in [-0.15, -0.1) is 0 Å². The van der Waals surface area contributed by atoms with Crippen LogP contribution in [0.4, 0.5) is 0 Å². The molecule has 0 saturated carbocycles. The Morgan fingerprint density at radius 1 is 0.870 bits per heavy atom. The molecule has 23 heavy (non-hydrogen) atoms. The summed E-state index contributed by atoms with van der Waals surface area (Å²) in [5.41, 5.74) is -5.90. The Hall–Kier alpha value is -0.440. The van der Waals surface area contributed by atoms with Crippen molar-refractivity contribution in [1.29, 1.82) is 0 Å². The summed E-state index contributed by atoms with van der Waals surface area (Å²) >= 11 is 0. The van der Waals surface area contributed by atoms with Gasteiger partial charge in [0.15, 0.2) is 11.2 Å². The number of aliphatic hydroxyl groups is 9. The number of rotatable bonds is 4. The van der Waals surface area contributed by atoms with E-state index in [0.29, 0.717) is 0 Å². The first kappa shape index (κ1) is 18.9. The average Bonchev–Trinajstić information content (AvgIpc) is 2.75. The average molecular weight is 342 g/mol. The first-order valence-corrected chi connectivity index (χ1v) is 6.96. The van der Waals surface area contributed by atoms with Gasteiger partial charge < -0.3 is 55.4 Å². The minimum absolute atomic E-state index is 0.476. The van der Waals surface area contributed by atoms with Crippen LogP contribution in [0.2, 0.25) is 0 Å². The lowest BCUT2D eigenvalue weighted by atomic mass is 9.66. The van der Waals surface area contributed by atoms with E-state index in [1.54, 1.807) is 0 Å². The fraction of sp³-hybridized carbons (Fsp3) is 1.00. The van der Waals surface area contributed by atoms with Gasteiger partial charge in [-0.3, -0.25) is 0 Å². The van der Waals surface area contributed by atoms with E-state index in [2.05, 4.69) is 0 Å². The molecule has 2 fully saturated rings. The molecule has 0 spiro atoms. The van der Waals surface area contributed by atoms with Crippen LogP contribution in [-0.2, 0) is 9.47 Å². The molecule has 0 aromatic carbocycles. The van der Waals surface area contributed by atoms with E-state index in [9.17, 15) is 40.9 Å². The van der Waals surface area contributed by atoms with Crippen LogP contribution in [0.1, 0.15) is 0 Å². The van der Waals surface area contributed by atoms with Gasteiger partial charge in [-0.1, -0.05) is 0 Å². The molecule has 2 saturated heterocycles. The summed E-state index contributed by atoms with van der Waals surface area (Å²) < 4.78 is 9.82. The minimum atomic E-state index is -2.98. The highest BCUT2D eigenvalue weighted by Crippen LogP contribution is 2.48. The fourth-order valence-electron chi connectivity index (χ4n) is 3.30. The van der Waals surface area contributed by atoms with Gasteiger partial charge in [0, 0.05) is 0 Å². The monoisotopic (exact) mass is 342 g/mol. The summed E-state index contributed by atoms with van der Waals surface area (Å²) in [6.07, 6.45) is -9.76. The maximum absolute atomic E-state index is 10.8. The third-order valence-electron chi connectivity index (χ3n) is 4.66. The quantitative estimate of drug-likeness (QED) is 0.235. The Kier molecular flexibility index (Phi) is 5.03. The Morgan fingerprint density at radius 3 is 1.91 bits per heavy atom. The van der Waals surface area contributed by atoms with Gasteiger partial charge >= 0.3 is 0 Å². The summed E-state index contributed by atoms with van der Waals surface area (Å²) in [6.45, 7) is -3.63. The molecule has 9 N–H and O–H groups in total. The van der Waals surface area contributed by atoms with E-state index >= 15 is 0 Å². The summed E-state index contributed by atoms with van der Waals surface area (Å²) in [4.78, 5) is 0.